The largest absolute Gasteiger partial charge is 0.497 e. The van der Waals surface area contributed by atoms with Crippen molar-refractivity contribution in [2.24, 2.45) is 0 Å². The molecular weight excluding hydrogens is 204 g/mol. The van der Waals surface area contributed by atoms with E-state index in [2.05, 4.69) is 0 Å². The summed E-state index contributed by atoms with van der Waals surface area (Å²) in [4.78, 5) is 0. The lowest BCUT2D eigenvalue weighted by Crippen LogP contribution is -2.32. The number of aryl methyl sites for hydroxylation is 1. The van der Waals surface area contributed by atoms with Gasteiger partial charge in [-0.15, -0.1) is 0 Å². The zero-order valence-electron chi connectivity index (χ0n) is 10.2. The Morgan fingerprint density at radius 3 is 2.25 bits per heavy atom. The highest BCUT2D eigenvalue weighted by atomic mass is 16.5. The Morgan fingerprint density at radius 1 is 1.19 bits per heavy atom. The minimum Gasteiger partial charge on any atom is -0.497 e. The number of aliphatic hydroxyl groups excluding tert-OH is 1. The van der Waals surface area contributed by atoms with Gasteiger partial charge in [0.15, 0.2) is 0 Å². The maximum absolute atomic E-state index is 9.20. The lowest BCUT2D eigenvalue weighted by molar-refractivity contribution is -0.0429. The van der Waals surface area contributed by atoms with E-state index in [1.165, 1.54) is 5.56 Å². The normalized spacial score (nSPS) is 14.5. The van der Waals surface area contributed by atoms with Gasteiger partial charge in [-0.3, -0.25) is 0 Å². The second-order valence-electron chi connectivity index (χ2n) is 4.16. The Bertz CT molecular complexity index is 301. The molecule has 0 saturated carbocycles. The first-order valence-electron chi connectivity index (χ1n) is 5.42. The molecule has 16 heavy (non-hydrogen) atoms. The number of ether oxygens (including phenoxy) is 2. The molecule has 0 radical (unpaired) electrons. The average Bonchev–Trinajstić information content (AvgIpc) is 2.36. The minimum atomic E-state index is -0.445. The molecular formula is C13H20O3. The van der Waals surface area contributed by atoms with E-state index in [1.807, 2.05) is 31.2 Å². The van der Waals surface area contributed by atoms with Gasteiger partial charge in [-0.1, -0.05) is 12.1 Å². The van der Waals surface area contributed by atoms with Crippen molar-refractivity contribution in [3.8, 4) is 5.75 Å². The molecule has 3 heteroatoms. The molecule has 0 spiro atoms. The predicted octanol–water partition coefficient (Wildman–Crippen LogP) is 2.03. The van der Waals surface area contributed by atoms with Gasteiger partial charge >= 0.3 is 0 Å². The van der Waals surface area contributed by atoms with Crippen LogP contribution < -0.4 is 4.74 Å². The Balaban J connectivity index is 2.54. The maximum Gasteiger partial charge on any atom is 0.118 e. The van der Waals surface area contributed by atoms with Crippen LogP contribution in [-0.2, 0) is 11.2 Å². The Hall–Kier alpha value is -1.06. The van der Waals surface area contributed by atoms with Crippen molar-refractivity contribution in [2.75, 3.05) is 20.8 Å². The molecule has 0 heterocycles. The van der Waals surface area contributed by atoms with Crippen molar-refractivity contribution < 1.29 is 14.6 Å². The van der Waals surface area contributed by atoms with E-state index in [0.29, 0.717) is 0 Å². The molecule has 1 rings (SSSR count). The number of rotatable bonds is 6. The van der Waals surface area contributed by atoms with Crippen molar-refractivity contribution in [3.05, 3.63) is 29.8 Å². The summed E-state index contributed by atoms with van der Waals surface area (Å²) in [5.74, 6) is 0.861. The fraction of sp³-hybridized carbons (Fsp3) is 0.538. The molecule has 0 aliphatic rings. The predicted molar refractivity (Wildman–Crippen MR) is 63.8 cm³/mol. The zero-order valence-corrected chi connectivity index (χ0v) is 10.2. The highest BCUT2D eigenvalue weighted by molar-refractivity contribution is 5.27. The van der Waals surface area contributed by atoms with Crippen LogP contribution in [0.3, 0.4) is 0 Å². The van der Waals surface area contributed by atoms with Crippen LogP contribution in [-0.4, -0.2) is 31.5 Å². The Labute approximate surface area is 97.0 Å². The van der Waals surface area contributed by atoms with E-state index in [4.69, 9.17) is 9.47 Å². The van der Waals surface area contributed by atoms with Gasteiger partial charge in [0.2, 0.25) is 0 Å². The number of aliphatic hydroxyl groups is 1. The summed E-state index contributed by atoms with van der Waals surface area (Å²) in [5, 5.41) is 9.20. The molecule has 0 aliphatic carbocycles. The van der Waals surface area contributed by atoms with E-state index in [1.54, 1.807) is 14.2 Å². The highest BCUT2D eigenvalue weighted by Crippen LogP contribution is 2.19. The third-order valence-electron chi connectivity index (χ3n) is 2.93. The minimum absolute atomic E-state index is 0.0413. The van der Waals surface area contributed by atoms with Gasteiger partial charge in [0.1, 0.15) is 5.75 Å². The number of hydrogen-bond acceptors (Lipinski definition) is 3. The molecule has 90 valence electrons. The molecule has 0 saturated heterocycles. The van der Waals surface area contributed by atoms with E-state index in [0.717, 1.165) is 18.6 Å². The summed E-state index contributed by atoms with van der Waals surface area (Å²) in [6, 6.07) is 7.95. The van der Waals surface area contributed by atoms with Gasteiger partial charge in [0.25, 0.3) is 0 Å². The first-order valence-corrected chi connectivity index (χ1v) is 5.42. The smallest absolute Gasteiger partial charge is 0.118 e. The molecule has 1 aromatic rings. The van der Waals surface area contributed by atoms with Crippen molar-refractivity contribution in [1.82, 2.24) is 0 Å². The van der Waals surface area contributed by atoms with Crippen LogP contribution >= 0.6 is 0 Å². The molecule has 0 fully saturated rings. The number of methoxy groups -OCH3 is 2. The van der Waals surface area contributed by atoms with Gasteiger partial charge in [0, 0.05) is 7.11 Å². The monoisotopic (exact) mass is 224 g/mol. The molecule has 1 N–H and O–H groups in total. The van der Waals surface area contributed by atoms with E-state index >= 15 is 0 Å². The molecule has 0 amide bonds. The number of benzene rings is 1. The molecule has 1 unspecified atom stereocenters. The summed E-state index contributed by atoms with van der Waals surface area (Å²) in [7, 11) is 3.28. The maximum atomic E-state index is 9.20. The topological polar surface area (TPSA) is 38.7 Å². The first kappa shape index (κ1) is 13.0. The van der Waals surface area contributed by atoms with E-state index < -0.39 is 5.60 Å². The van der Waals surface area contributed by atoms with Crippen LogP contribution in [0, 0.1) is 0 Å². The zero-order chi connectivity index (χ0) is 12.0. The molecule has 0 aromatic heterocycles. The highest BCUT2D eigenvalue weighted by Gasteiger charge is 2.21. The van der Waals surface area contributed by atoms with E-state index in [9.17, 15) is 5.11 Å². The van der Waals surface area contributed by atoms with Crippen LogP contribution in [0.5, 0.6) is 5.75 Å². The summed E-state index contributed by atoms with van der Waals surface area (Å²) in [6.45, 7) is 1.95. The van der Waals surface area contributed by atoms with Gasteiger partial charge in [-0.25, -0.2) is 0 Å². The second kappa shape index (κ2) is 5.87. The van der Waals surface area contributed by atoms with Crippen LogP contribution in [0.2, 0.25) is 0 Å². The third kappa shape index (κ3) is 3.51. The molecule has 0 bridgehead atoms. The fourth-order valence-electron chi connectivity index (χ4n) is 1.45. The van der Waals surface area contributed by atoms with Crippen LogP contribution in [0.1, 0.15) is 18.9 Å². The van der Waals surface area contributed by atoms with Crippen molar-refractivity contribution >= 4 is 0 Å². The van der Waals surface area contributed by atoms with Crippen LogP contribution in [0.15, 0.2) is 24.3 Å². The van der Waals surface area contributed by atoms with Crippen molar-refractivity contribution in [2.45, 2.75) is 25.4 Å². The molecule has 0 aliphatic heterocycles. The summed E-state index contributed by atoms with van der Waals surface area (Å²) >= 11 is 0. The molecule has 1 aromatic carbocycles. The average molecular weight is 224 g/mol. The SMILES string of the molecule is COc1ccc(CCC(C)(CO)OC)cc1. The quantitative estimate of drug-likeness (QED) is 0.803. The summed E-state index contributed by atoms with van der Waals surface area (Å²) in [5.41, 5.74) is 0.775. The molecule has 3 nitrogen and oxygen atoms in total. The van der Waals surface area contributed by atoms with Gasteiger partial charge in [-0.05, 0) is 37.5 Å². The summed E-state index contributed by atoms with van der Waals surface area (Å²) < 4.78 is 10.4. The number of hydrogen-bond donors (Lipinski definition) is 1. The van der Waals surface area contributed by atoms with Crippen molar-refractivity contribution in [3.63, 3.8) is 0 Å². The fourth-order valence-corrected chi connectivity index (χ4v) is 1.45. The summed E-state index contributed by atoms with van der Waals surface area (Å²) in [6.07, 6.45) is 1.68. The Kier molecular flexibility index (Phi) is 4.77. The van der Waals surface area contributed by atoms with Crippen LogP contribution in [0.25, 0.3) is 0 Å². The van der Waals surface area contributed by atoms with Crippen molar-refractivity contribution in [1.29, 1.82) is 0 Å². The molecule has 1 atom stereocenters. The Morgan fingerprint density at radius 2 is 1.81 bits per heavy atom. The second-order valence-corrected chi connectivity index (χ2v) is 4.16. The van der Waals surface area contributed by atoms with Gasteiger partial charge in [0.05, 0.1) is 19.3 Å². The standard InChI is InChI=1S/C13H20O3/c1-13(10-14,16-3)9-8-11-4-6-12(15-2)7-5-11/h4-7,14H,8-10H2,1-3H3. The van der Waals surface area contributed by atoms with E-state index in [-0.39, 0.29) is 6.61 Å². The lowest BCUT2D eigenvalue weighted by atomic mass is 9.97. The van der Waals surface area contributed by atoms with Gasteiger partial charge in [-0.2, -0.15) is 0 Å². The van der Waals surface area contributed by atoms with Gasteiger partial charge < -0.3 is 14.6 Å². The third-order valence-corrected chi connectivity index (χ3v) is 2.93. The van der Waals surface area contributed by atoms with Crippen LogP contribution in [0.4, 0.5) is 0 Å². The lowest BCUT2D eigenvalue weighted by Gasteiger charge is -2.25. The first-order chi connectivity index (χ1) is 7.63.